The van der Waals surface area contributed by atoms with Crippen LogP contribution in [0.4, 0.5) is 0 Å². The average molecular weight is 265 g/mol. The number of hydrogen-bond donors (Lipinski definition) is 0. The van der Waals surface area contributed by atoms with Crippen molar-refractivity contribution in [1.29, 1.82) is 0 Å². The van der Waals surface area contributed by atoms with Gasteiger partial charge in [-0.2, -0.15) is 0 Å². The van der Waals surface area contributed by atoms with Crippen molar-refractivity contribution in [2.24, 2.45) is 0 Å². The van der Waals surface area contributed by atoms with E-state index in [4.69, 9.17) is 23.2 Å². The summed E-state index contributed by atoms with van der Waals surface area (Å²) in [6.07, 6.45) is 0.310. The standard InChI is InChI=1S/C14H10Cl2O/c15-11-7-4-8-12(16)14(11)13(17)9-10-5-2-1-3-6-10/h1-8H,9H2. The molecule has 2 aromatic carbocycles. The Kier molecular flexibility index (Phi) is 3.82. The average Bonchev–Trinajstić information content (AvgIpc) is 2.30. The maximum absolute atomic E-state index is 12.1. The zero-order valence-electron chi connectivity index (χ0n) is 8.99. The molecule has 0 amide bonds. The van der Waals surface area contributed by atoms with Gasteiger partial charge in [-0.05, 0) is 17.7 Å². The fraction of sp³-hybridized carbons (Fsp3) is 0.0714. The molecule has 86 valence electrons. The fourth-order valence-corrected chi connectivity index (χ4v) is 2.24. The summed E-state index contributed by atoms with van der Waals surface area (Å²) in [6, 6.07) is 14.6. The van der Waals surface area contributed by atoms with Crippen LogP contribution in [0.3, 0.4) is 0 Å². The molecule has 0 aromatic heterocycles. The van der Waals surface area contributed by atoms with E-state index in [2.05, 4.69) is 0 Å². The zero-order chi connectivity index (χ0) is 12.3. The number of benzene rings is 2. The maximum atomic E-state index is 12.1. The molecule has 2 aromatic rings. The zero-order valence-corrected chi connectivity index (χ0v) is 10.5. The summed E-state index contributed by atoms with van der Waals surface area (Å²) < 4.78 is 0. The van der Waals surface area contributed by atoms with Crippen LogP contribution in [0.5, 0.6) is 0 Å². The lowest BCUT2D eigenvalue weighted by molar-refractivity contribution is 0.0993. The van der Waals surface area contributed by atoms with Crippen LogP contribution < -0.4 is 0 Å². The number of ketones is 1. The SMILES string of the molecule is O=C(Cc1ccccc1)c1c(Cl)cccc1Cl. The number of Topliss-reactive ketones (excluding diaryl/α,β-unsaturated/α-hetero) is 1. The Hall–Kier alpha value is -1.31. The first-order valence-electron chi connectivity index (χ1n) is 5.19. The van der Waals surface area contributed by atoms with E-state index >= 15 is 0 Å². The molecule has 3 heteroatoms. The van der Waals surface area contributed by atoms with E-state index < -0.39 is 0 Å². The molecule has 0 saturated carbocycles. The number of carbonyl (C=O) groups is 1. The lowest BCUT2D eigenvalue weighted by atomic mass is 10.0. The van der Waals surface area contributed by atoms with Gasteiger partial charge in [0.2, 0.25) is 0 Å². The van der Waals surface area contributed by atoms with Crippen molar-refractivity contribution in [2.45, 2.75) is 6.42 Å². The molecule has 0 bridgehead atoms. The van der Waals surface area contributed by atoms with Gasteiger partial charge < -0.3 is 0 Å². The normalized spacial score (nSPS) is 10.2. The Morgan fingerprint density at radius 2 is 1.47 bits per heavy atom. The Balaban J connectivity index is 2.27. The Morgan fingerprint density at radius 3 is 2.06 bits per heavy atom. The summed E-state index contributed by atoms with van der Waals surface area (Å²) in [6.45, 7) is 0. The Morgan fingerprint density at radius 1 is 0.882 bits per heavy atom. The summed E-state index contributed by atoms with van der Waals surface area (Å²) in [5, 5.41) is 0.803. The van der Waals surface area contributed by atoms with Gasteiger partial charge in [0.05, 0.1) is 15.6 Å². The highest BCUT2D eigenvalue weighted by molar-refractivity contribution is 6.39. The van der Waals surface area contributed by atoms with Gasteiger partial charge in [0.1, 0.15) is 0 Å². The molecule has 0 fully saturated rings. The van der Waals surface area contributed by atoms with Crippen molar-refractivity contribution in [3.8, 4) is 0 Å². The molecule has 0 aliphatic rings. The van der Waals surface area contributed by atoms with Crippen LogP contribution in [0.2, 0.25) is 10.0 Å². The molecule has 0 saturated heterocycles. The van der Waals surface area contributed by atoms with Crippen molar-refractivity contribution in [3.63, 3.8) is 0 Å². The van der Waals surface area contributed by atoms with Crippen molar-refractivity contribution in [3.05, 3.63) is 69.7 Å². The second kappa shape index (κ2) is 5.35. The van der Waals surface area contributed by atoms with E-state index in [-0.39, 0.29) is 5.78 Å². The quantitative estimate of drug-likeness (QED) is 0.751. The molecule has 0 N–H and O–H groups in total. The largest absolute Gasteiger partial charge is 0.294 e. The summed E-state index contributed by atoms with van der Waals surface area (Å²) in [7, 11) is 0. The smallest absolute Gasteiger partial charge is 0.170 e. The molecule has 0 atom stereocenters. The van der Waals surface area contributed by atoms with Crippen LogP contribution in [-0.2, 0) is 6.42 Å². The number of rotatable bonds is 3. The first-order chi connectivity index (χ1) is 8.18. The van der Waals surface area contributed by atoms with E-state index in [1.54, 1.807) is 18.2 Å². The van der Waals surface area contributed by atoms with Crippen molar-refractivity contribution >= 4 is 29.0 Å². The van der Waals surface area contributed by atoms with E-state index in [0.717, 1.165) is 5.56 Å². The van der Waals surface area contributed by atoms with Crippen LogP contribution in [0.1, 0.15) is 15.9 Å². The number of halogens is 2. The number of hydrogen-bond acceptors (Lipinski definition) is 1. The Labute approximate surface area is 110 Å². The highest BCUT2D eigenvalue weighted by Gasteiger charge is 2.14. The molecule has 0 spiro atoms. The van der Waals surface area contributed by atoms with Gasteiger partial charge in [0.15, 0.2) is 5.78 Å². The molecule has 1 nitrogen and oxygen atoms in total. The third kappa shape index (κ3) is 2.87. The van der Waals surface area contributed by atoms with E-state index in [1.165, 1.54) is 0 Å². The summed E-state index contributed by atoms with van der Waals surface area (Å²) in [5.41, 5.74) is 1.35. The monoisotopic (exact) mass is 264 g/mol. The minimum atomic E-state index is -0.0631. The minimum Gasteiger partial charge on any atom is -0.294 e. The molecule has 0 aliphatic carbocycles. The van der Waals surface area contributed by atoms with E-state index in [9.17, 15) is 4.79 Å². The predicted molar refractivity (Wildman–Crippen MR) is 70.9 cm³/mol. The van der Waals surface area contributed by atoms with Gasteiger partial charge in [0.25, 0.3) is 0 Å². The van der Waals surface area contributed by atoms with Gasteiger partial charge in [-0.25, -0.2) is 0 Å². The van der Waals surface area contributed by atoms with Crippen LogP contribution >= 0.6 is 23.2 Å². The molecule has 17 heavy (non-hydrogen) atoms. The van der Waals surface area contributed by atoms with Gasteiger partial charge in [-0.15, -0.1) is 0 Å². The second-order valence-corrected chi connectivity index (χ2v) is 4.50. The first-order valence-corrected chi connectivity index (χ1v) is 5.95. The highest BCUT2D eigenvalue weighted by Crippen LogP contribution is 2.25. The Bertz CT molecular complexity index is 515. The molecule has 0 heterocycles. The second-order valence-electron chi connectivity index (χ2n) is 3.68. The lowest BCUT2D eigenvalue weighted by Crippen LogP contribution is -2.05. The van der Waals surface area contributed by atoms with E-state index in [0.29, 0.717) is 22.0 Å². The highest BCUT2D eigenvalue weighted by atomic mass is 35.5. The van der Waals surface area contributed by atoms with Crippen LogP contribution in [0.15, 0.2) is 48.5 Å². The summed E-state index contributed by atoms with van der Waals surface area (Å²) in [5.74, 6) is -0.0631. The molecular weight excluding hydrogens is 255 g/mol. The predicted octanol–water partition coefficient (Wildman–Crippen LogP) is 4.42. The van der Waals surface area contributed by atoms with Crippen LogP contribution in [-0.4, -0.2) is 5.78 Å². The molecule has 0 aliphatic heterocycles. The van der Waals surface area contributed by atoms with Crippen molar-refractivity contribution < 1.29 is 4.79 Å². The molecule has 0 unspecified atom stereocenters. The van der Waals surface area contributed by atoms with Gasteiger partial charge in [-0.1, -0.05) is 59.6 Å². The molecule has 0 radical (unpaired) electrons. The lowest BCUT2D eigenvalue weighted by Gasteiger charge is -2.05. The summed E-state index contributed by atoms with van der Waals surface area (Å²) in [4.78, 5) is 12.1. The first kappa shape index (κ1) is 12.2. The fourth-order valence-electron chi connectivity index (χ4n) is 1.63. The third-order valence-corrected chi connectivity index (χ3v) is 3.08. The van der Waals surface area contributed by atoms with Crippen LogP contribution in [0.25, 0.3) is 0 Å². The maximum Gasteiger partial charge on any atom is 0.170 e. The van der Waals surface area contributed by atoms with Gasteiger partial charge in [0, 0.05) is 6.42 Å². The number of carbonyl (C=O) groups excluding carboxylic acids is 1. The topological polar surface area (TPSA) is 17.1 Å². The molecule has 2 rings (SSSR count). The van der Waals surface area contributed by atoms with E-state index in [1.807, 2.05) is 30.3 Å². The van der Waals surface area contributed by atoms with Gasteiger partial charge >= 0.3 is 0 Å². The summed E-state index contributed by atoms with van der Waals surface area (Å²) >= 11 is 12.0. The van der Waals surface area contributed by atoms with Crippen LogP contribution in [0, 0.1) is 0 Å². The third-order valence-electron chi connectivity index (χ3n) is 2.45. The minimum absolute atomic E-state index is 0.0631. The van der Waals surface area contributed by atoms with Gasteiger partial charge in [-0.3, -0.25) is 4.79 Å². The molecular formula is C14H10Cl2O. The van der Waals surface area contributed by atoms with Crippen molar-refractivity contribution in [2.75, 3.05) is 0 Å². The van der Waals surface area contributed by atoms with Crippen molar-refractivity contribution in [1.82, 2.24) is 0 Å².